The average Bonchev–Trinajstić information content (AvgIpc) is 2.25. The fourth-order valence-electron chi connectivity index (χ4n) is 1.74. The lowest BCUT2D eigenvalue weighted by Gasteiger charge is -2.24. The number of carboxylic acids is 1. The molecule has 0 radical (unpaired) electrons. The molecule has 0 aromatic heterocycles. The highest BCUT2D eigenvalue weighted by Crippen LogP contribution is 2.15. The highest BCUT2D eigenvalue weighted by molar-refractivity contribution is 5.85. The Morgan fingerprint density at radius 3 is 2.31 bits per heavy atom. The van der Waals surface area contributed by atoms with Crippen molar-refractivity contribution in [2.75, 3.05) is 13.2 Å². The van der Waals surface area contributed by atoms with Crippen LogP contribution in [0.5, 0.6) is 0 Å². The number of carbonyl (C=O) groups excluding carboxylic acids is 1. The maximum atomic E-state index is 11.8. The Morgan fingerprint density at radius 1 is 1.31 bits per heavy atom. The second kappa shape index (κ2) is 5.84. The van der Waals surface area contributed by atoms with E-state index in [9.17, 15) is 9.59 Å². The zero-order chi connectivity index (χ0) is 12.1. The van der Waals surface area contributed by atoms with Gasteiger partial charge >= 0.3 is 5.97 Å². The lowest BCUT2D eigenvalue weighted by atomic mass is 9.97. The molecule has 1 heterocycles. The number of rotatable bonds is 4. The monoisotopic (exact) mass is 229 g/mol. The summed E-state index contributed by atoms with van der Waals surface area (Å²) in [6.45, 7) is 4.72. The molecule has 2 N–H and O–H groups in total. The van der Waals surface area contributed by atoms with Crippen molar-refractivity contribution in [3.63, 3.8) is 0 Å². The van der Waals surface area contributed by atoms with Crippen LogP contribution in [-0.2, 0) is 14.3 Å². The minimum Gasteiger partial charge on any atom is -0.480 e. The molecule has 5 nitrogen and oxygen atoms in total. The maximum absolute atomic E-state index is 11.8. The summed E-state index contributed by atoms with van der Waals surface area (Å²) in [7, 11) is 0. The molecule has 1 amide bonds. The number of carboxylic acid groups (broad SMARTS) is 1. The predicted molar refractivity (Wildman–Crippen MR) is 57.9 cm³/mol. The van der Waals surface area contributed by atoms with E-state index in [2.05, 4.69) is 5.32 Å². The molecule has 0 aromatic carbocycles. The summed E-state index contributed by atoms with van der Waals surface area (Å²) < 4.78 is 5.15. The van der Waals surface area contributed by atoms with Crippen LogP contribution >= 0.6 is 0 Å². The third-order valence-corrected chi connectivity index (χ3v) is 2.82. The van der Waals surface area contributed by atoms with Gasteiger partial charge in [0.2, 0.25) is 5.91 Å². The third kappa shape index (κ3) is 3.48. The average molecular weight is 229 g/mol. The van der Waals surface area contributed by atoms with Crippen LogP contribution in [0.3, 0.4) is 0 Å². The van der Waals surface area contributed by atoms with E-state index in [-0.39, 0.29) is 17.7 Å². The summed E-state index contributed by atoms with van der Waals surface area (Å²) in [6.07, 6.45) is 1.35. The molecule has 0 aliphatic carbocycles. The number of amides is 1. The van der Waals surface area contributed by atoms with Gasteiger partial charge in [-0.1, -0.05) is 13.8 Å². The molecule has 0 unspecified atom stereocenters. The van der Waals surface area contributed by atoms with Crippen LogP contribution < -0.4 is 5.32 Å². The third-order valence-electron chi connectivity index (χ3n) is 2.82. The second-order valence-corrected chi connectivity index (χ2v) is 4.46. The first kappa shape index (κ1) is 13.0. The Balaban J connectivity index is 2.50. The molecule has 1 saturated heterocycles. The van der Waals surface area contributed by atoms with Crippen LogP contribution in [0, 0.1) is 11.8 Å². The fourth-order valence-corrected chi connectivity index (χ4v) is 1.74. The topological polar surface area (TPSA) is 75.6 Å². The number of hydrogen-bond donors (Lipinski definition) is 2. The highest BCUT2D eigenvalue weighted by Gasteiger charge is 2.28. The summed E-state index contributed by atoms with van der Waals surface area (Å²) in [6, 6.07) is -0.796. The van der Waals surface area contributed by atoms with E-state index >= 15 is 0 Å². The zero-order valence-corrected chi connectivity index (χ0v) is 9.73. The van der Waals surface area contributed by atoms with E-state index in [1.807, 2.05) is 0 Å². The summed E-state index contributed by atoms with van der Waals surface area (Å²) >= 11 is 0. The minimum atomic E-state index is -0.976. The molecule has 1 rings (SSSR count). The first-order valence-electron chi connectivity index (χ1n) is 5.63. The molecule has 1 atom stereocenters. The van der Waals surface area contributed by atoms with Gasteiger partial charge in [-0.15, -0.1) is 0 Å². The van der Waals surface area contributed by atoms with Crippen LogP contribution in [0.25, 0.3) is 0 Å². The Kier molecular flexibility index (Phi) is 4.73. The molecule has 1 fully saturated rings. The number of nitrogens with one attached hydrogen (secondary N) is 1. The van der Waals surface area contributed by atoms with Crippen molar-refractivity contribution >= 4 is 11.9 Å². The lowest BCUT2D eigenvalue weighted by Crippen LogP contribution is -2.47. The van der Waals surface area contributed by atoms with Gasteiger partial charge < -0.3 is 15.2 Å². The first-order chi connectivity index (χ1) is 7.52. The minimum absolute atomic E-state index is 0.102. The van der Waals surface area contributed by atoms with Crippen molar-refractivity contribution in [1.29, 1.82) is 0 Å². The summed E-state index contributed by atoms with van der Waals surface area (Å²) in [5, 5.41) is 11.5. The van der Waals surface area contributed by atoms with E-state index in [1.54, 1.807) is 13.8 Å². The molecule has 0 bridgehead atoms. The molecule has 1 aliphatic heterocycles. The van der Waals surface area contributed by atoms with Gasteiger partial charge in [0, 0.05) is 19.1 Å². The Labute approximate surface area is 95.2 Å². The van der Waals surface area contributed by atoms with Crippen LogP contribution in [0.1, 0.15) is 26.7 Å². The highest BCUT2D eigenvalue weighted by atomic mass is 16.5. The van der Waals surface area contributed by atoms with Crippen LogP contribution in [-0.4, -0.2) is 36.2 Å². The van der Waals surface area contributed by atoms with Crippen molar-refractivity contribution < 1.29 is 19.4 Å². The first-order valence-corrected chi connectivity index (χ1v) is 5.63. The van der Waals surface area contributed by atoms with E-state index in [0.717, 1.165) is 0 Å². The van der Waals surface area contributed by atoms with Gasteiger partial charge in [0.1, 0.15) is 6.04 Å². The standard InChI is InChI=1S/C11H19NO4/c1-7(2)9(11(14)15)12-10(13)8-3-5-16-6-4-8/h7-9H,3-6H2,1-2H3,(H,12,13)(H,14,15)/t9-/m0/s1. The lowest BCUT2D eigenvalue weighted by molar-refractivity contribution is -0.144. The van der Waals surface area contributed by atoms with Gasteiger partial charge in [0.25, 0.3) is 0 Å². The SMILES string of the molecule is CC(C)[C@H](NC(=O)C1CCOCC1)C(=O)O. The van der Waals surface area contributed by atoms with Gasteiger partial charge in [-0.25, -0.2) is 4.79 Å². The molecule has 0 saturated carbocycles. The normalized spacial score (nSPS) is 19.4. The Morgan fingerprint density at radius 2 is 1.88 bits per heavy atom. The number of ether oxygens (including phenoxy) is 1. The van der Waals surface area contributed by atoms with Crippen molar-refractivity contribution in [3.05, 3.63) is 0 Å². The van der Waals surface area contributed by atoms with E-state index in [0.29, 0.717) is 26.1 Å². The van der Waals surface area contributed by atoms with Crippen molar-refractivity contribution in [2.45, 2.75) is 32.7 Å². The molecular weight excluding hydrogens is 210 g/mol. The largest absolute Gasteiger partial charge is 0.480 e. The number of hydrogen-bond acceptors (Lipinski definition) is 3. The van der Waals surface area contributed by atoms with Crippen molar-refractivity contribution in [2.24, 2.45) is 11.8 Å². The molecule has 16 heavy (non-hydrogen) atoms. The van der Waals surface area contributed by atoms with E-state index in [4.69, 9.17) is 9.84 Å². The quantitative estimate of drug-likeness (QED) is 0.741. The summed E-state index contributed by atoms with van der Waals surface area (Å²) in [5.41, 5.74) is 0. The smallest absolute Gasteiger partial charge is 0.326 e. The molecule has 0 spiro atoms. The Bertz CT molecular complexity index is 259. The van der Waals surface area contributed by atoms with Crippen LogP contribution in [0.4, 0.5) is 0 Å². The summed E-state index contributed by atoms with van der Waals surface area (Å²) in [4.78, 5) is 22.7. The summed E-state index contributed by atoms with van der Waals surface area (Å²) in [5.74, 6) is -1.35. The fraction of sp³-hybridized carbons (Fsp3) is 0.818. The Hall–Kier alpha value is -1.10. The number of aliphatic carboxylic acids is 1. The molecule has 92 valence electrons. The molecule has 0 aromatic rings. The second-order valence-electron chi connectivity index (χ2n) is 4.46. The van der Waals surface area contributed by atoms with Gasteiger partial charge in [0.05, 0.1) is 0 Å². The van der Waals surface area contributed by atoms with Gasteiger partial charge in [-0.3, -0.25) is 4.79 Å². The number of carbonyl (C=O) groups is 2. The molecule has 5 heteroatoms. The zero-order valence-electron chi connectivity index (χ0n) is 9.73. The van der Waals surface area contributed by atoms with Gasteiger partial charge in [-0.2, -0.15) is 0 Å². The molecule has 1 aliphatic rings. The van der Waals surface area contributed by atoms with Crippen LogP contribution in [0.15, 0.2) is 0 Å². The van der Waals surface area contributed by atoms with E-state index in [1.165, 1.54) is 0 Å². The predicted octanol–water partition coefficient (Wildman–Crippen LogP) is 0.638. The van der Waals surface area contributed by atoms with Gasteiger partial charge in [0.15, 0.2) is 0 Å². The maximum Gasteiger partial charge on any atom is 0.326 e. The van der Waals surface area contributed by atoms with Crippen molar-refractivity contribution in [3.8, 4) is 0 Å². The van der Waals surface area contributed by atoms with E-state index < -0.39 is 12.0 Å². The van der Waals surface area contributed by atoms with Crippen LogP contribution in [0.2, 0.25) is 0 Å². The van der Waals surface area contributed by atoms with Crippen molar-refractivity contribution in [1.82, 2.24) is 5.32 Å². The molecular formula is C11H19NO4. The van der Waals surface area contributed by atoms with Gasteiger partial charge in [-0.05, 0) is 18.8 Å².